The van der Waals surface area contributed by atoms with E-state index in [9.17, 15) is 0 Å². The highest BCUT2D eigenvalue weighted by Crippen LogP contribution is 2.32. The number of benzene rings is 1. The Morgan fingerprint density at radius 3 is 2.56 bits per heavy atom. The molecule has 1 heterocycles. The van der Waals surface area contributed by atoms with Gasteiger partial charge in [-0.25, -0.2) is 0 Å². The van der Waals surface area contributed by atoms with Gasteiger partial charge in [0.25, 0.3) is 0 Å². The Morgan fingerprint density at radius 2 is 2.00 bits per heavy atom. The van der Waals surface area contributed by atoms with Gasteiger partial charge in [0, 0.05) is 10.9 Å². The molecule has 80 valence electrons. The Balaban J connectivity index is 2.47. The van der Waals surface area contributed by atoms with E-state index in [1.807, 2.05) is 17.5 Å². The van der Waals surface area contributed by atoms with Crippen molar-refractivity contribution in [2.45, 2.75) is 13.3 Å². The summed E-state index contributed by atoms with van der Waals surface area (Å²) < 4.78 is 0. The van der Waals surface area contributed by atoms with Crippen LogP contribution in [0.15, 0.2) is 29.6 Å². The number of hydrogen-bond acceptors (Lipinski definition) is 3. The molecule has 0 saturated heterocycles. The van der Waals surface area contributed by atoms with E-state index >= 15 is 0 Å². The van der Waals surface area contributed by atoms with Gasteiger partial charge in [-0.15, -0.1) is 11.3 Å². The van der Waals surface area contributed by atoms with Crippen LogP contribution < -0.4 is 5.73 Å². The van der Waals surface area contributed by atoms with Crippen molar-refractivity contribution in [1.82, 2.24) is 0 Å². The lowest BCUT2D eigenvalue weighted by molar-refractivity contribution is 1.14. The largest absolute Gasteiger partial charge is 0.389 e. The number of nitrogens with zero attached hydrogens (tertiary/aromatic N) is 1. The molecule has 0 amide bonds. The normalized spacial score (nSPS) is 10.0. The van der Waals surface area contributed by atoms with Gasteiger partial charge < -0.3 is 5.73 Å². The Kier molecular flexibility index (Phi) is 2.93. The van der Waals surface area contributed by atoms with Gasteiger partial charge in [0.05, 0.1) is 5.56 Å². The van der Waals surface area contributed by atoms with Gasteiger partial charge >= 0.3 is 0 Å². The summed E-state index contributed by atoms with van der Waals surface area (Å²) in [6.45, 7) is 2.12. The van der Waals surface area contributed by atoms with E-state index < -0.39 is 0 Å². The number of rotatable bonds is 2. The van der Waals surface area contributed by atoms with Crippen LogP contribution in [-0.4, -0.2) is 0 Å². The summed E-state index contributed by atoms with van der Waals surface area (Å²) in [5.74, 6) is 0. The predicted molar refractivity (Wildman–Crippen MR) is 68.3 cm³/mol. The Morgan fingerprint density at radius 1 is 1.31 bits per heavy atom. The standard InChI is InChI=1S/C13H12N2S/c1-2-9-3-5-10(6-4-9)12-8-16-13(15)11(12)7-14/h3-6,8H,2,15H2,1H3. The third kappa shape index (κ3) is 1.80. The van der Waals surface area contributed by atoms with Crippen molar-refractivity contribution in [1.29, 1.82) is 5.26 Å². The zero-order valence-corrected chi connectivity index (χ0v) is 9.84. The fourth-order valence-electron chi connectivity index (χ4n) is 1.62. The molecule has 2 aromatic rings. The molecule has 16 heavy (non-hydrogen) atoms. The highest BCUT2D eigenvalue weighted by molar-refractivity contribution is 7.14. The number of hydrogen-bond donors (Lipinski definition) is 1. The molecule has 2 nitrogen and oxygen atoms in total. The second kappa shape index (κ2) is 4.38. The molecular formula is C13H12N2S. The molecule has 2 N–H and O–H groups in total. The zero-order chi connectivity index (χ0) is 11.5. The smallest absolute Gasteiger partial charge is 0.104 e. The molecule has 0 spiro atoms. The number of anilines is 1. The van der Waals surface area contributed by atoms with Gasteiger partial charge in [-0.2, -0.15) is 5.26 Å². The quantitative estimate of drug-likeness (QED) is 0.856. The molecule has 0 aliphatic carbocycles. The molecule has 2 rings (SSSR count). The van der Waals surface area contributed by atoms with Crippen LogP contribution in [0.4, 0.5) is 5.00 Å². The van der Waals surface area contributed by atoms with E-state index in [0.717, 1.165) is 17.5 Å². The van der Waals surface area contributed by atoms with E-state index in [2.05, 4.69) is 25.1 Å². The monoisotopic (exact) mass is 228 g/mol. The number of aryl methyl sites for hydroxylation is 1. The van der Waals surface area contributed by atoms with E-state index in [1.165, 1.54) is 16.9 Å². The fourth-order valence-corrected chi connectivity index (χ4v) is 2.39. The topological polar surface area (TPSA) is 49.8 Å². The second-order valence-corrected chi connectivity index (χ2v) is 4.46. The summed E-state index contributed by atoms with van der Waals surface area (Å²) in [5, 5.41) is 11.6. The molecule has 0 atom stereocenters. The van der Waals surface area contributed by atoms with Crippen molar-refractivity contribution >= 4 is 16.3 Å². The Hall–Kier alpha value is -1.79. The Labute approximate surface area is 99.0 Å². The van der Waals surface area contributed by atoms with Crippen molar-refractivity contribution in [2.75, 3.05) is 5.73 Å². The number of nitrogens with two attached hydrogens (primary N) is 1. The first-order valence-corrected chi connectivity index (χ1v) is 6.00. The third-order valence-corrected chi connectivity index (χ3v) is 3.42. The lowest BCUT2D eigenvalue weighted by Crippen LogP contribution is -1.86. The molecule has 0 aliphatic heterocycles. The average molecular weight is 228 g/mol. The summed E-state index contributed by atoms with van der Waals surface area (Å²) in [7, 11) is 0. The molecule has 0 aliphatic rings. The van der Waals surface area contributed by atoms with E-state index in [-0.39, 0.29) is 0 Å². The molecule has 0 bridgehead atoms. The first-order valence-electron chi connectivity index (χ1n) is 5.12. The lowest BCUT2D eigenvalue weighted by atomic mass is 10.0. The zero-order valence-electron chi connectivity index (χ0n) is 9.03. The van der Waals surface area contributed by atoms with Crippen LogP contribution in [0.3, 0.4) is 0 Å². The first kappa shape index (κ1) is 10.7. The number of nitriles is 1. The van der Waals surface area contributed by atoms with E-state index in [1.54, 1.807) is 0 Å². The maximum absolute atomic E-state index is 9.03. The molecule has 0 radical (unpaired) electrons. The molecular weight excluding hydrogens is 216 g/mol. The summed E-state index contributed by atoms with van der Waals surface area (Å²) in [6.07, 6.45) is 1.02. The van der Waals surface area contributed by atoms with Crippen LogP contribution in [0.1, 0.15) is 18.1 Å². The van der Waals surface area contributed by atoms with Crippen LogP contribution >= 0.6 is 11.3 Å². The van der Waals surface area contributed by atoms with E-state index in [0.29, 0.717) is 10.6 Å². The molecule has 0 fully saturated rings. The molecule has 1 aromatic carbocycles. The minimum Gasteiger partial charge on any atom is -0.389 e. The maximum Gasteiger partial charge on any atom is 0.104 e. The summed E-state index contributed by atoms with van der Waals surface area (Å²) in [4.78, 5) is 0. The van der Waals surface area contributed by atoms with Crippen molar-refractivity contribution in [3.8, 4) is 17.2 Å². The summed E-state index contributed by atoms with van der Waals surface area (Å²) >= 11 is 1.42. The van der Waals surface area contributed by atoms with Gasteiger partial charge in [0.15, 0.2) is 0 Å². The molecule has 0 unspecified atom stereocenters. The van der Waals surface area contributed by atoms with Gasteiger partial charge in [-0.3, -0.25) is 0 Å². The van der Waals surface area contributed by atoms with E-state index in [4.69, 9.17) is 11.0 Å². The predicted octanol–water partition coefficient (Wildman–Crippen LogP) is 3.43. The fraction of sp³-hybridized carbons (Fsp3) is 0.154. The molecule has 1 aromatic heterocycles. The van der Waals surface area contributed by atoms with Crippen LogP contribution in [-0.2, 0) is 6.42 Å². The third-order valence-electron chi connectivity index (χ3n) is 2.60. The lowest BCUT2D eigenvalue weighted by Gasteiger charge is -2.01. The van der Waals surface area contributed by atoms with Crippen LogP contribution in [0.2, 0.25) is 0 Å². The first-order chi connectivity index (χ1) is 7.76. The minimum absolute atomic E-state index is 0.592. The van der Waals surface area contributed by atoms with Gasteiger partial charge in [-0.05, 0) is 17.5 Å². The van der Waals surface area contributed by atoms with Crippen LogP contribution in [0.25, 0.3) is 11.1 Å². The second-order valence-electron chi connectivity index (χ2n) is 3.55. The van der Waals surface area contributed by atoms with Crippen LogP contribution in [0, 0.1) is 11.3 Å². The van der Waals surface area contributed by atoms with Crippen molar-refractivity contribution in [2.24, 2.45) is 0 Å². The number of nitrogen functional groups attached to an aromatic ring is 1. The van der Waals surface area contributed by atoms with Gasteiger partial charge in [-0.1, -0.05) is 31.2 Å². The highest BCUT2D eigenvalue weighted by atomic mass is 32.1. The summed E-state index contributed by atoms with van der Waals surface area (Å²) in [5.41, 5.74) is 9.62. The average Bonchev–Trinajstić information content (AvgIpc) is 2.70. The van der Waals surface area contributed by atoms with Crippen molar-refractivity contribution < 1.29 is 0 Å². The number of thiophene rings is 1. The highest BCUT2D eigenvalue weighted by Gasteiger charge is 2.10. The molecule has 0 saturated carbocycles. The molecule has 3 heteroatoms. The van der Waals surface area contributed by atoms with Gasteiger partial charge in [0.1, 0.15) is 11.1 Å². The summed E-state index contributed by atoms with van der Waals surface area (Å²) in [6, 6.07) is 10.4. The van der Waals surface area contributed by atoms with Crippen LogP contribution in [0.5, 0.6) is 0 Å². The maximum atomic E-state index is 9.03. The van der Waals surface area contributed by atoms with Gasteiger partial charge in [0.2, 0.25) is 0 Å². The Bertz CT molecular complexity index is 532. The van der Waals surface area contributed by atoms with Crippen molar-refractivity contribution in [3.63, 3.8) is 0 Å². The van der Waals surface area contributed by atoms with Crippen molar-refractivity contribution in [3.05, 3.63) is 40.8 Å². The minimum atomic E-state index is 0.592. The SMILES string of the molecule is CCc1ccc(-c2csc(N)c2C#N)cc1.